The molecule has 3 nitrogen and oxygen atoms in total. The molecule has 2 aliphatic rings. The molecule has 0 aliphatic carbocycles. The van der Waals surface area contributed by atoms with Gasteiger partial charge in [0.1, 0.15) is 18.3 Å². The molecule has 3 atom stereocenters. The summed E-state index contributed by atoms with van der Waals surface area (Å²) in [6, 6.07) is 0. The van der Waals surface area contributed by atoms with Crippen molar-refractivity contribution >= 4 is 0 Å². The van der Waals surface area contributed by atoms with Crippen LogP contribution in [0.3, 0.4) is 0 Å². The van der Waals surface area contributed by atoms with Gasteiger partial charge in [-0.2, -0.15) is 0 Å². The molecule has 0 aromatic heterocycles. The maximum Gasteiger partial charge on any atom is 0.124 e. The predicted octanol–water partition coefficient (Wildman–Crippen LogP) is 2.78. The van der Waals surface area contributed by atoms with Crippen molar-refractivity contribution in [3.8, 4) is 0 Å². The summed E-state index contributed by atoms with van der Waals surface area (Å²) in [6.45, 7) is 7.81. The minimum Gasteiger partial charge on any atom is -0.499 e. The van der Waals surface area contributed by atoms with E-state index in [1.807, 2.05) is 0 Å². The summed E-state index contributed by atoms with van der Waals surface area (Å²) < 4.78 is 17.0. The Labute approximate surface area is 97.1 Å². The molecule has 2 heterocycles. The lowest BCUT2D eigenvalue weighted by Crippen LogP contribution is -2.53. The lowest BCUT2D eigenvalue weighted by atomic mass is 9.80. The maximum absolute atomic E-state index is 6.13. The van der Waals surface area contributed by atoms with Gasteiger partial charge in [-0.3, -0.25) is 0 Å². The van der Waals surface area contributed by atoms with Gasteiger partial charge in [0, 0.05) is 0 Å². The van der Waals surface area contributed by atoms with Gasteiger partial charge in [-0.25, -0.2) is 0 Å². The van der Waals surface area contributed by atoms with Gasteiger partial charge in [0.15, 0.2) is 0 Å². The molecule has 0 aromatic rings. The van der Waals surface area contributed by atoms with E-state index in [0.29, 0.717) is 6.61 Å². The molecule has 0 amide bonds. The Kier molecular flexibility index (Phi) is 3.54. The highest BCUT2D eigenvalue weighted by molar-refractivity contribution is 4.95. The summed E-state index contributed by atoms with van der Waals surface area (Å²) in [5.74, 6) is 0. The van der Waals surface area contributed by atoms with Gasteiger partial charge in [-0.05, 0) is 32.1 Å². The van der Waals surface area contributed by atoms with Crippen LogP contribution >= 0.6 is 0 Å². The average Bonchev–Trinajstić information content (AvgIpc) is 2.31. The largest absolute Gasteiger partial charge is 0.499 e. The van der Waals surface area contributed by atoms with Crippen LogP contribution in [0.5, 0.6) is 0 Å². The van der Waals surface area contributed by atoms with Crippen molar-refractivity contribution in [1.82, 2.24) is 0 Å². The van der Waals surface area contributed by atoms with E-state index >= 15 is 0 Å². The SMILES string of the molecule is C=COCC12CCCC(O1)C(OC=C)CC2. The van der Waals surface area contributed by atoms with Crippen molar-refractivity contribution in [3.63, 3.8) is 0 Å². The molecule has 2 rings (SSSR count). The van der Waals surface area contributed by atoms with Crippen LogP contribution in [-0.2, 0) is 14.2 Å². The lowest BCUT2D eigenvalue weighted by Gasteiger charge is -2.47. The molecule has 3 unspecified atom stereocenters. The van der Waals surface area contributed by atoms with Crippen LogP contribution in [0.15, 0.2) is 25.7 Å². The number of hydrogen-bond acceptors (Lipinski definition) is 3. The van der Waals surface area contributed by atoms with Crippen molar-refractivity contribution in [3.05, 3.63) is 25.7 Å². The third-order valence-corrected chi connectivity index (χ3v) is 3.56. The van der Waals surface area contributed by atoms with Crippen molar-refractivity contribution in [2.24, 2.45) is 0 Å². The Bertz CT molecular complexity index is 264. The van der Waals surface area contributed by atoms with Crippen LogP contribution in [0.4, 0.5) is 0 Å². The second-order valence-corrected chi connectivity index (χ2v) is 4.59. The molecule has 2 bridgehead atoms. The first-order valence-corrected chi connectivity index (χ1v) is 5.96. The van der Waals surface area contributed by atoms with Crippen LogP contribution < -0.4 is 0 Å². The van der Waals surface area contributed by atoms with Crippen LogP contribution in [0.1, 0.15) is 32.1 Å². The summed E-state index contributed by atoms with van der Waals surface area (Å²) in [4.78, 5) is 0. The topological polar surface area (TPSA) is 27.7 Å². The van der Waals surface area contributed by atoms with Gasteiger partial charge in [-0.1, -0.05) is 13.2 Å². The molecule has 0 radical (unpaired) electrons. The summed E-state index contributed by atoms with van der Waals surface area (Å²) in [6.07, 6.45) is 8.76. The Balaban J connectivity index is 1.98. The Morgan fingerprint density at radius 2 is 2.12 bits per heavy atom. The highest BCUT2D eigenvalue weighted by Crippen LogP contribution is 2.40. The van der Waals surface area contributed by atoms with E-state index in [0.717, 1.165) is 25.7 Å². The summed E-state index contributed by atoms with van der Waals surface area (Å²) in [7, 11) is 0. The second-order valence-electron chi connectivity index (χ2n) is 4.59. The molecule has 90 valence electrons. The van der Waals surface area contributed by atoms with E-state index in [4.69, 9.17) is 14.2 Å². The molecule has 0 spiro atoms. The summed E-state index contributed by atoms with van der Waals surface area (Å²) in [5, 5.41) is 0. The fourth-order valence-corrected chi connectivity index (χ4v) is 2.77. The van der Waals surface area contributed by atoms with Crippen LogP contribution in [0.25, 0.3) is 0 Å². The predicted molar refractivity (Wildman–Crippen MR) is 61.9 cm³/mol. The normalized spacial score (nSPS) is 37.5. The number of hydrogen-bond donors (Lipinski definition) is 0. The monoisotopic (exact) mass is 224 g/mol. The molecule has 2 saturated heterocycles. The number of rotatable bonds is 5. The number of fused-ring (bicyclic) bond motifs is 2. The first-order chi connectivity index (χ1) is 7.79. The van der Waals surface area contributed by atoms with Crippen molar-refractivity contribution in [2.45, 2.75) is 49.9 Å². The average molecular weight is 224 g/mol. The van der Waals surface area contributed by atoms with E-state index in [1.54, 1.807) is 0 Å². The van der Waals surface area contributed by atoms with Gasteiger partial charge in [0.2, 0.25) is 0 Å². The maximum atomic E-state index is 6.13. The molecule has 0 N–H and O–H groups in total. The molecular weight excluding hydrogens is 204 g/mol. The zero-order chi connectivity index (χ0) is 11.4. The zero-order valence-electron chi connectivity index (χ0n) is 9.69. The highest BCUT2D eigenvalue weighted by atomic mass is 16.6. The fraction of sp³-hybridized carbons (Fsp3) is 0.692. The van der Waals surface area contributed by atoms with Crippen LogP contribution in [0.2, 0.25) is 0 Å². The standard InChI is InChI=1S/C13H20O3/c1-3-14-10-13-8-5-6-12(16-13)11(7-9-13)15-4-2/h3-4,11-12H,1-2,5-10H2. The Morgan fingerprint density at radius 3 is 2.88 bits per heavy atom. The molecule has 0 aromatic carbocycles. The molecule has 0 saturated carbocycles. The van der Waals surface area contributed by atoms with Gasteiger partial charge in [0.05, 0.1) is 18.6 Å². The number of ether oxygens (including phenoxy) is 3. The minimum absolute atomic E-state index is 0.0991. The minimum atomic E-state index is -0.0991. The van der Waals surface area contributed by atoms with E-state index in [9.17, 15) is 0 Å². The van der Waals surface area contributed by atoms with E-state index in [2.05, 4.69) is 13.2 Å². The first-order valence-electron chi connectivity index (χ1n) is 5.96. The Hall–Kier alpha value is -0.960. The van der Waals surface area contributed by atoms with Crippen molar-refractivity contribution in [2.75, 3.05) is 6.61 Å². The van der Waals surface area contributed by atoms with Crippen LogP contribution in [-0.4, -0.2) is 24.4 Å². The van der Waals surface area contributed by atoms with E-state index in [1.165, 1.54) is 18.9 Å². The van der Waals surface area contributed by atoms with Crippen LogP contribution in [0, 0.1) is 0 Å². The molecule has 2 fully saturated rings. The first kappa shape index (κ1) is 11.5. The summed E-state index contributed by atoms with van der Waals surface area (Å²) >= 11 is 0. The lowest BCUT2D eigenvalue weighted by molar-refractivity contribution is -0.216. The van der Waals surface area contributed by atoms with E-state index in [-0.39, 0.29) is 17.8 Å². The molecule has 16 heavy (non-hydrogen) atoms. The molecule has 2 aliphatic heterocycles. The molecule has 3 heteroatoms. The van der Waals surface area contributed by atoms with Gasteiger partial charge in [0.25, 0.3) is 0 Å². The Morgan fingerprint density at radius 1 is 1.25 bits per heavy atom. The second kappa shape index (κ2) is 4.91. The smallest absolute Gasteiger partial charge is 0.124 e. The highest BCUT2D eigenvalue weighted by Gasteiger charge is 2.45. The fourth-order valence-electron chi connectivity index (χ4n) is 2.77. The van der Waals surface area contributed by atoms with Gasteiger partial charge in [-0.15, -0.1) is 0 Å². The van der Waals surface area contributed by atoms with Gasteiger partial charge >= 0.3 is 0 Å². The third kappa shape index (κ3) is 2.24. The zero-order valence-corrected chi connectivity index (χ0v) is 9.69. The quantitative estimate of drug-likeness (QED) is 0.672. The van der Waals surface area contributed by atoms with Gasteiger partial charge < -0.3 is 14.2 Å². The van der Waals surface area contributed by atoms with E-state index < -0.39 is 0 Å². The van der Waals surface area contributed by atoms with Crippen molar-refractivity contribution in [1.29, 1.82) is 0 Å². The molecular formula is C13H20O3. The third-order valence-electron chi connectivity index (χ3n) is 3.56. The van der Waals surface area contributed by atoms with Crippen molar-refractivity contribution < 1.29 is 14.2 Å². The summed E-state index contributed by atoms with van der Waals surface area (Å²) in [5.41, 5.74) is -0.0991.